The molecule has 2 aromatic carbocycles. The zero-order valence-corrected chi connectivity index (χ0v) is 16.6. The molecule has 7 heteroatoms. The van der Waals surface area contributed by atoms with Crippen LogP contribution < -0.4 is 4.72 Å². The molecule has 0 saturated heterocycles. The molecular weight excluding hydrogens is 372 g/mol. The normalized spacial score (nSPS) is 12.6. The molecule has 2 aromatic rings. The van der Waals surface area contributed by atoms with E-state index in [0.29, 0.717) is 23.6 Å². The van der Waals surface area contributed by atoms with Crippen molar-refractivity contribution in [2.45, 2.75) is 37.8 Å². The molecule has 0 aliphatic heterocycles. The monoisotopic (exact) mass is 394 g/mol. The fourth-order valence-electron chi connectivity index (χ4n) is 2.39. The highest BCUT2D eigenvalue weighted by atomic mass is 35.5. The van der Waals surface area contributed by atoms with Crippen LogP contribution in [-0.4, -0.2) is 32.3 Å². The second-order valence-electron chi connectivity index (χ2n) is 6.25. The number of carbonyl (C=O) groups excluding carboxylic acids is 1. The Morgan fingerprint density at radius 3 is 2.42 bits per heavy atom. The van der Waals surface area contributed by atoms with Crippen molar-refractivity contribution in [3.63, 3.8) is 0 Å². The van der Waals surface area contributed by atoms with Gasteiger partial charge in [0.2, 0.25) is 10.0 Å². The molecule has 0 saturated carbocycles. The highest BCUT2D eigenvalue weighted by molar-refractivity contribution is 7.89. The van der Waals surface area contributed by atoms with Crippen molar-refractivity contribution in [1.29, 1.82) is 0 Å². The summed E-state index contributed by atoms with van der Waals surface area (Å²) in [6.45, 7) is 4.12. The number of halogens is 1. The average molecular weight is 395 g/mol. The lowest BCUT2D eigenvalue weighted by atomic mass is 10.1. The van der Waals surface area contributed by atoms with Gasteiger partial charge < -0.3 is 4.90 Å². The van der Waals surface area contributed by atoms with Gasteiger partial charge in [0.1, 0.15) is 0 Å². The first-order chi connectivity index (χ1) is 12.2. The van der Waals surface area contributed by atoms with Gasteiger partial charge in [0, 0.05) is 30.2 Å². The highest BCUT2D eigenvalue weighted by Crippen LogP contribution is 2.16. The number of amides is 1. The molecule has 140 valence electrons. The van der Waals surface area contributed by atoms with Crippen LogP contribution in [0.15, 0.2) is 53.4 Å². The Kier molecular flexibility index (Phi) is 6.81. The Labute approximate surface area is 160 Å². The van der Waals surface area contributed by atoms with E-state index in [2.05, 4.69) is 4.72 Å². The molecule has 0 fully saturated rings. The van der Waals surface area contributed by atoms with E-state index in [1.807, 2.05) is 25.1 Å². The van der Waals surface area contributed by atoms with Crippen LogP contribution in [0.4, 0.5) is 0 Å². The molecule has 0 spiro atoms. The van der Waals surface area contributed by atoms with Crippen molar-refractivity contribution >= 4 is 27.5 Å². The number of carbonyl (C=O) groups is 1. The lowest BCUT2D eigenvalue weighted by Crippen LogP contribution is -2.32. The minimum atomic E-state index is -3.58. The summed E-state index contributed by atoms with van der Waals surface area (Å²) < 4.78 is 27.1. The van der Waals surface area contributed by atoms with Gasteiger partial charge in [-0.1, -0.05) is 30.7 Å². The number of hydrogen-bond acceptors (Lipinski definition) is 3. The van der Waals surface area contributed by atoms with E-state index < -0.39 is 10.0 Å². The second-order valence-corrected chi connectivity index (χ2v) is 8.40. The molecule has 1 atom stereocenters. The van der Waals surface area contributed by atoms with E-state index >= 15 is 0 Å². The number of nitrogens with zero attached hydrogens (tertiary/aromatic N) is 1. The molecule has 0 aliphatic rings. The predicted molar refractivity (Wildman–Crippen MR) is 104 cm³/mol. The topological polar surface area (TPSA) is 66.5 Å². The maximum absolute atomic E-state index is 12.5. The van der Waals surface area contributed by atoms with Crippen LogP contribution in [0.3, 0.4) is 0 Å². The van der Waals surface area contributed by atoms with Crippen LogP contribution >= 0.6 is 11.6 Å². The number of benzene rings is 2. The molecule has 1 amide bonds. The molecule has 0 heterocycles. The van der Waals surface area contributed by atoms with Crippen LogP contribution in [0.2, 0.25) is 5.02 Å². The number of rotatable bonds is 7. The van der Waals surface area contributed by atoms with Crippen molar-refractivity contribution in [3.8, 4) is 0 Å². The summed E-state index contributed by atoms with van der Waals surface area (Å²) in [6, 6.07) is 13.1. The number of hydrogen-bond donors (Lipinski definition) is 1. The molecule has 1 unspecified atom stereocenters. The van der Waals surface area contributed by atoms with Crippen LogP contribution in [0.5, 0.6) is 0 Å². The fraction of sp³-hybridized carbons (Fsp3) is 0.316. The summed E-state index contributed by atoms with van der Waals surface area (Å²) in [7, 11) is -1.88. The Morgan fingerprint density at radius 2 is 1.85 bits per heavy atom. The predicted octanol–water partition coefficient (Wildman–Crippen LogP) is 3.69. The largest absolute Gasteiger partial charge is 0.337 e. The Morgan fingerprint density at radius 1 is 1.19 bits per heavy atom. The van der Waals surface area contributed by atoms with E-state index in [1.165, 1.54) is 24.3 Å². The van der Waals surface area contributed by atoms with Gasteiger partial charge in [-0.3, -0.25) is 4.79 Å². The van der Waals surface area contributed by atoms with Crippen LogP contribution in [0.1, 0.15) is 36.2 Å². The average Bonchev–Trinajstić information content (AvgIpc) is 2.60. The van der Waals surface area contributed by atoms with Crippen molar-refractivity contribution in [1.82, 2.24) is 9.62 Å². The molecule has 26 heavy (non-hydrogen) atoms. The Balaban J connectivity index is 2.10. The number of nitrogens with one attached hydrogen (secondary N) is 1. The van der Waals surface area contributed by atoms with E-state index in [4.69, 9.17) is 11.6 Å². The lowest BCUT2D eigenvalue weighted by molar-refractivity contribution is 0.0785. The summed E-state index contributed by atoms with van der Waals surface area (Å²) in [6.07, 6.45) is 0.699. The highest BCUT2D eigenvalue weighted by Gasteiger charge is 2.18. The van der Waals surface area contributed by atoms with Gasteiger partial charge in [0.05, 0.1) is 4.90 Å². The van der Waals surface area contributed by atoms with Gasteiger partial charge in [-0.15, -0.1) is 0 Å². The van der Waals surface area contributed by atoms with Gasteiger partial charge in [-0.05, 0) is 55.3 Å². The third-order valence-electron chi connectivity index (χ3n) is 4.04. The van der Waals surface area contributed by atoms with Crippen molar-refractivity contribution < 1.29 is 13.2 Å². The second kappa shape index (κ2) is 8.66. The smallest absolute Gasteiger partial charge is 0.253 e. The van der Waals surface area contributed by atoms with Crippen LogP contribution in [-0.2, 0) is 16.6 Å². The molecular formula is C19H23ClN2O3S. The van der Waals surface area contributed by atoms with Crippen molar-refractivity contribution in [3.05, 3.63) is 64.7 Å². The SMILES string of the molecule is CCC(C)NS(=O)(=O)c1ccc(C(=O)N(C)Cc2cccc(Cl)c2)cc1. The van der Waals surface area contributed by atoms with Gasteiger partial charge in [-0.2, -0.15) is 0 Å². The first kappa shape index (κ1) is 20.4. The minimum Gasteiger partial charge on any atom is -0.337 e. The summed E-state index contributed by atoms with van der Waals surface area (Å²) in [5, 5.41) is 0.617. The molecule has 0 aliphatic carbocycles. The van der Waals surface area contributed by atoms with E-state index in [1.54, 1.807) is 24.9 Å². The first-order valence-electron chi connectivity index (χ1n) is 8.35. The minimum absolute atomic E-state index is 0.145. The van der Waals surface area contributed by atoms with E-state index in [9.17, 15) is 13.2 Å². The Bertz CT molecular complexity index is 867. The third kappa shape index (κ3) is 5.30. The first-order valence-corrected chi connectivity index (χ1v) is 10.2. The summed E-state index contributed by atoms with van der Waals surface area (Å²) in [5.74, 6) is -0.191. The lowest BCUT2D eigenvalue weighted by Gasteiger charge is -2.18. The van der Waals surface area contributed by atoms with Gasteiger partial charge in [0.15, 0.2) is 0 Å². The molecule has 2 rings (SSSR count). The van der Waals surface area contributed by atoms with Crippen LogP contribution in [0.25, 0.3) is 0 Å². The zero-order valence-electron chi connectivity index (χ0n) is 15.1. The third-order valence-corrected chi connectivity index (χ3v) is 5.88. The summed E-state index contributed by atoms with van der Waals surface area (Å²) >= 11 is 5.97. The summed E-state index contributed by atoms with van der Waals surface area (Å²) in [5.41, 5.74) is 1.35. The van der Waals surface area contributed by atoms with Crippen molar-refractivity contribution in [2.75, 3.05) is 7.05 Å². The maximum atomic E-state index is 12.5. The molecule has 0 radical (unpaired) electrons. The Hall–Kier alpha value is -1.89. The van der Waals surface area contributed by atoms with Crippen LogP contribution in [0, 0.1) is 0 Å². The standard InChI is InChI=1S/C19H23ClN2O3S/c1-4-14(2)21-26(24,25)18-10-8-16(9-11-18)19(23)22(3)13-15-6-5-7-17(20)12-15/h5-12,14,21H,4,13H2,1-3H3. The van der Waals surface area contributed by atoms with Gasteiger partial charge >= 0.3 is 0 Å². The van der Waals surface area contributed by atoms with Gasteiger partial charge in [0.25, 0.3) is 5.91 Å². The van der Waals surface area contributed by atoms with Gasteiger partial charge in [-0.25, -0.2) is 13.1 Å². The molecule has 1 N–H and O–H groups in total. The van der Waals surface area contributed by atoms with Crippen molar-refractivity contribution in [2.24, 2.45) is 0 Å². The maximum Gasteiger partial charge on any atom is 0.253 e. The number of sulfonamides is 1. The zero-order chi connectivity index (χ0) is 19.3. The molecule has 5 nitrogen and oxygen atoms in total. The quantitative estimate of drug-likeness (QED) is 0.778. The summed E-state index contributed by atoms with van der Waals surface area (Å²) in [4.78, 5) is 14.3. The fourth-order valence-corrected chi connectivity index (χ4v) is 3.93. The molecule has 0 bridgehead atoms. The van der Waals surface area contributed by atoms with E-state index in [0.717, 1.165) is 5.56 Å². The molecule has 0 aromatic heterocycles. The van der Waals surface area contributed by atoms with E-state index in [-0.39, 0.29) is 16.8 Å².